The maximum atomic E-state index is 12.6. The molecule has 2 aromatic rings. The molecular formula is C16H22N6O2. The van der Waals surface area contributed by atoms with Gasteiger partial charge >= 0.3 is 0 Å². The van der Waals surface area contributed by atoms with Crippen LogP contribution in [0.25, 0.3) is 0 Å². The zero-order valence-electron chi connectivity index (χ0n) is 13.8. The lowest BCUT2D eigenvalue weighted by atomic mass is 10.1. The summed E-state index contributed by atoms with van der Waals surface area (Å²) in [5.41, 5.74) is 0.983. The highest BCUT2D eigenvalue weighted by Gasteiger charge is 2.25. The van der Waals surface area contributed by atoms with E-state index < -0.39 is 12.1 Å². The van der Waals surface area contributed by atoms with Crippen molar-refractivity contribution >= 4 is 11.8 Å². The quantitative estimate of drug-likeness (QED) is 0.733. The number of hydrogen-bond acceptors (Lipinski definition) is 5. The van der Waals surface area contributed by atoms with Gasteiger partial charge in [-0.1, -0.05) is 37.3 Å². The molecule has 8 heteroatoms. The monoisotopic (exact) mass is 330 g/mol. The Labute approximate surface area is 140 Å². The normalized spacial score (nSPS) is 13.1. The highest BCUT2D eigenvalue weighted by molar-refractivity contribution is 5.88. The van der Waals surface area contributed by atoms with Gasteiger partial charge in [0.05, 0.1) is 0 Å². The van der Waals surface area contributed by atoms with E-state index in [9.17, 15) is 9.59 Å². The second-order valence-corrected chi connectivity index (χ2v) is 5.52. The average Bonchev–Trinajstić information content (AvgIpc) is 3.12. The second kappa shape index (κ2) is 8.76. The van der Waals surface area contributed by atoms with Gasteiger partial charge in [-0.25, -0.2) is 4.68 Å². The molecule has 2 amide bonds. The molecule has 2 N–H and O–H groups in total. The third kappa shape index (κ3) is 4.87. The number of benzene rings is 1. The summed E-state index contributed by atoms with van der Waals surface area (Å²) in [6.07, 6.45) is 2.67. The fourth-order valence-corrected chi connectivity index (χ4v) is 2.23. The summed E-state index contributed by atoms with van der Waals surface area (Å²) >= 11 is 0. The largest absolute Gasteiger partial charge is 0.354 e. The number of amides is 2. The number of nitrogens with zero attached hydrogens (tertiary/aromatic N) is 4. The number of carbonyl (C=O) groups excluding carboxylic acids is 2. The first-order valence-electron chi connectivity index (χ1n) is 7.96. The van der Waals surface area contributed by atoms with Crippen LogP contribution in [0.4, 0.5) is 0 Å². The minimum atomic E-state index is -0.626. The van der Waals surface area contributed by atoms with Gasteiger partial charge in [0.25, 0.3) is 0 Å². The molecule has 128 valence electrons. The van der Waals surface area contributed by atoms with Crippen molar-refractivity contribution in [2.24, 2.45) is 0 Å². The lowest BCUT2D eigenvalue weighted by Crippen LogP contribution is -2.47. The lowest BCUT2D eigenvalue weighted by molar-refractivity contribution is -0.130. The van der Waals surface area contributed by atoms with E-state index in [1.165, 1.54) is 11.0 Å². The number of rotatable bonds is 8. The molecule has 0 radical (unpaired) electrons. The molecule has 0 aliphatic rings. The first-order chi connectivity index (χ1) is 11.6. The summed E-state index contributed by atoms with van der Waals surface area (Å²) in [5.74, 6) is -0.509. The molecule has 1 aromatic carbocycles. The number of carbonyl (C=O) groups is 2. The molecule has 2 atom stereocenters. The standard InChI is InChI=1S/C16H22N6O2/c1-3-9-17-15(23)12(2)19-16(24)14(22-11-18-20-21-22)10-13-7-5-4-6-8-13/h4-8,11-12,14H,3,9-10H2,1-2H3,(H,17,23)(H,19,24). The number of nitrogens with one attached hydrogen (secondary N) is 2. The smallest absolute Gasteiger partial charge is 0.245 e. The van der Waals surface area contributed by atoms with Crippen LogP contribution in [0.5, 0.6) is 0 Å². The number of aromatic nitrogens is 4. The highest BCUT2D eigenvalue weighted by Crippen LogP contribution is 2.13. The van der Waals surface area contributed by atoms with Crippen molar-refractivity contribution in [3.63, 3.8) is 0 Å². The van der Waals surface area contributed by atoms with E-state index in [-0.39, 0.29) is 11.8 Å². The Bertz CT molecular complexity index is 644. The van der Waals surface area contributed by atoms with Crippen molar-refractivity contribution in [3.8, 4) is 0 Å². The summed E-state index contributed by atoms with van der Waals surface area (Å²) in [6.45, 7) is 4.21. The van der Waals surface area contributed by atoms with Crippen LogP contribution >= 0.6 is 0 Å². The molecule has 1 aromatic heterocycles. The van der Waals surface area contributed by atoms with Gasteiger partial charge in [-0.3, -0.25) is 9.59 Å². The predicted molar refractivity (Wildman–Crippen MR) is 87.9 cm³/mol. The minimum absolute atomic E-state index is 0.208. The van der Waals surface area contributed by atoms with Gasteiger partial charge in [-0.05, 0) is 29.3 Å². The minimum Gasteiger partial charge on any atom is -0.354 e. The molecule has 0 fully saturated rings. The van der Waals surface area contributed by atoms with Crippen LogP contribution in [0.15, 0.2) is 36.7 Å². The molecule has 0 aliphatic heterocycles. The Balaban J connectivity index is 2.06. The van der Waals surface area contributed by atoms with E-state index in [1.807, 2.05) is 37.3 Å². The van der Waals surface area contributed by atoms with Crippen molar-refractivity contribution in [1.29, 1.82) is 0 Å². The number of hydrogen-bond donors (Lipinski definition) is 2. The topological polar surface area (TPSA) is 102 Å². The molecule has 2 unspecified atom stereocenters. The van der Waals surface area contributed by atoms with Gasteiger partial charge in [-0.15, -0.1) is 5.10 Å². The zero-order valence-corrected chi connectivity index (χ0v) is 13.8. The van der Waals surface area contributed by atoms with Crippen molar-refractivity contribution < 1.29 is 9.59 Å². The Morgan fingerprint density at radius 2 is 1.96 bits per heavy atom. The van der Waals surface area contributed by atoms with E-state index in [2.05, 4.69) is 26.2 Å². The van der Waals surface area contributed by atoms with Crippen molar-refractivity contribution in [1.82, 2.24) is 30.8 Å². The Kier molecular flexibility index (Phi) is 6.41. The van der Waals surface area contributed by atoms with Gasteiger partial charge in [0.2, 0.25) is 11.8 Å². The average molecular weight is 330 g/mol. The van der Waals surface area contributed by atoms with Gasteiger partial charge in [0.1, 0.15) is 18.4 Å². The van der Waals surface area contributed by atoms with E-state index in [1.54, 1.807) is 6.92 Å². The van der Waals surface area contributed by atoms with Crippen LogP contribution in [0.1, 0.15) is 31.9 Å². The summed E-state index contributed by atoms with van der Waals surface area (Å²) < 4.78 is 1.40. The maximum Gasteiger partial charge on any atom is 0.245 e. The van der Waals surface area contributed by atoms with Gasteiger partial charge in [0.15, 0.2) is 0 Å². The summed E-state index contributed by atoms with van der Waals surface area (Å²) in [7, 11) is 0. The van der Waals surface area contributed by atoms with Crippen LogP contribution in [0.2, 0.25) is 0 Å². The molecule has 2 rings (SSSR count). The third-order valence-electron chi connectivity index (χ3n) is 3.56. The molecule has 0 saturated heterocycles. The highest BCUT2D eigenvalue weighted by atomic mass is 16.2. The van der Waals surface area contributed by atoms with Crippen LogP contribution in [-0.4, -0.2) is 44.6 Å². The van der Waals surface area contributed by atoms with Gasteiger partial charge in [0, 0.05) is 13.0 Å². The molecule has 8 nitrogen and oxygen atoms in total. The molecule has 0 aliphatic carbocycles. The third-order valence-corrected chi connectivity index (χ3v) is 3.56. The van der Waals surface area contributed by atoms with E-state index in [0.29, 0.717) is 13.0 Å². The van der Waals surface area contributed by atoms with E-state index >= 15 is 0 Å². The van der Waals surface area contributed by atoms with Crippen LogP contribution in [0.3, 0.4) is 0 Å². The lowest BCUT2D eigenvalue weighted by Gasteiger charge is -2.19. The molecule has 0 spiro atoms. The van der Waals surface area contributed by atoms with Crippen molar-refractivity contribution in [2.45, 2.75) is 38.8 Å². The van der Waals surface area contributed by atoms with Gasteiger partial charge < -0.3 is 10.6 Å². The fourth-order valence-electron chi connectivity index (χ4n) is 2.23. The molecular weight excluding hydrogens is 308 g/mol. The molecule has 1 heterocycles. The van der Waals surface area contributed by atoms with Crippen molar-refractivity contribution in [2.75, 3.05) is 6.54 Å². The Morgan fingerprint density at radius 1 is 1.21 bits per heavy atom. The fraction of sp³-hybridized carbons (Fsp3) is 0.438. The van der Waals surface area contributed by atoms with Crippen molar-refractivity contribution in [3.05, 3.63) is 42.2 Å². The van der Waals surface area contributed by atoms with Gasteiger partial charge in [-0.2, -0.15) is 0 Å². The summed E-state index contributed by atoms with van der Waals surface area (Å²) in [6, 6.07) is 8.34. The SMILES string of the molecule is CCCNC(=O)C(C)NC(=O)C(Cc1ccccc1)n1cnnn1. The van der Waals surface area contributed by atoms with Crippen LogP contribution < -0.4 is 10.6 Å². The molecule has 24 heavy (non-hydrogen) atoms. The Morgan fingerprint density at radius 3 is 2.58 bits per heavy atom. The maximum absolute atomic E-state index is 12.6. The zero-order chi connectivity index (χ0) is 17.4. The van der Waals surface area contributed by atoms with E-state index in [4.69, 9.17) is 0 Å². The van der Waals surface area contributed by atoms with E-state index in [0.717, 1.165) is 12.0 Å². The second-order valence-electron chi connectivity index (χ2n) is 5.52. The Hall–Kier alpha value is -2.77. The molecule has 0 saturated carbocycles. The predicted octanol–water partition coefficient (Wildman–Crippen LogP) is 0.488. The number of tetrazole rings is 1. The summed E-state index contributed by atoms with van der Waals surface area (Å²) in [4.78, 5) is 24.6. The van der Waals surface area contributed by atoms with Crippen LogP contribution in [0, 0.1) is 0 Å². The molecule has 0 bridgehead atoms. The first-order valence-corrected chi connectivity index (χ1v) is 7.96. The van der Waals surface area contributed by atoms with Crippen LogP contribution in [-0.2, 0) is 16.0 Å². The summed E-state index contributed by atoms with van der Waals surface area (Å²) in [5, 5.41) is 16.5. The first kappa shape index (κ1) is 17.6.